The zero-order valence-corrected chi connectivity index (χ0v) is 8.02. The minimum Gasteiger partial charge on any atom is -0.335 e. The third kappa shape index (κ3) is 2.85. The molecule has 0 saturated carbocycles. The van der Waals surface area contributed by atoms with Gasteiger partial charge in [0.1, 0.15) is 5.78 Å². The Hall–Kier alpha value is -0.510. The van der Waals surface area contributed by atoms with E-state index in [4.69, 9.17) is 0 Å². The van der Waals surface area contributed by atoms with Gasteiger partial charge < -0.3 is 4.90 Å². The predicted octanol–water partition coefficient (Wildman–Crippen LogP) is 0.541. The monoisotopic (exact) mass is 187 g/mol. The molecule has 1 saturated heterocycles. The Balaban J connectivity index is 2.47. The Morgan fingerprint density at radius 3 is 3.00 bits per heavy atom. The summed E-state index contributed by atoms with van der Waals surface area (Å²) >= 11 is 1.78. The molecular weight excluding hydrogens is 174 g/mol. The van der Waals surface area contributed by atoms with Gasteiger partial charge in [0.05, 0.1) is 6.54 Å². The van der Waals surface area contributed by atoms with Gasteiger partial charge in [-0.2, -0.15) is 11.8 Å². The van der Waals surface area contributed by atoms with Gasteiger partial charge in [0.2, 0.25) is 5.91 Å². The number of ketones is 1. The van der Waals surface area contributed by atoms with Gasteiger partial charge in [0.25, 0.3) is 0 Å². The average Bonchev–Trinajstić information content (AvgIpc) is 2.16. The summed E-state index contributed by atoms with van der Waals surface area (Å²) in [6, 6.07) is 0. The Labute approximate surface area is 76.5 Å². The normalized spacial score (nSPS) is 19.1. The first kappa shape index (κ1) is 9.58. The molecule has 0 aromatic rings. The Morgan fingerprint density at radius 1 is 1.58 bits per heavy atom. The van der Waals surface area contributed by atoms with Crippen LogP contribution in [0.4, 0.5) is 0 Å². The fraction of sp³-hybridized carbons (Fsp3) is 0.750. The second-order valence-corrected chi connectivity index (χ2v) is 4.10. The molecule has 1 heterocycles. The molecule has 4 heteroatoms. The van der Waals surface area contributed by atoms with E-state index in [0.717, 1.165) is 18.1 Å². The van der Waals surface area contributed by atoms with E-state index >= 15 is 0 Å². The Bertz CT molecular complexity index is 193. The highest BCUT2D eigenvalue weighted by molar-refractivity contribution is 7.99. The lowest BCUT2D eigenvalue weighted by Crippen LogP contribution is -2.35. The van der Waals surface area contributed by atoms with E-state index in [-0.39, 0.29) is 11.7 Å². The summed E-state index contributed by atoms with van der Waals surface area (Å²) in [6.07, 6.45) is 0.581. The van der Waals surface area contributed by atoms with Crippen LogP contribution < -0.4 is 0 Å². The van der Waals surface area contributed by atoms with Crippen molar-refractivity contribution in [3.63, 3.8) is 0 Å². The summed E-state index contributed by atoms with van der Waals surface area (Å²) < 4.78 is 0. The molecule has 0 spiro atoms. The van der Waals surface area contributed by atoms with Crippen molar-refractivity contribution in [2.45, 2.75) is 13.3 Å². The molecule has 12 heavy (non-hydrogen) atoms. The van der Waals surface area contributed by atoms with Crippen LogP contribution in [0.15, 0.2) is 0 Å². The van der Waals surface area contributed by atoms with Gasteiger partial charge >= 0.3 is 0 Å². The zero-order chi connectivity index (χ0) is 8.97. The van der Waals surface area contributed by atoms with E-state index in [0.29, 0.717) is 13.0 Å². The van der Waals surface area contributed by atoms with E-state index < -0.39 is 0 Å². The van der Waals surface area contributed by atoms with Gasteiger partial charge in [-0.25, -0.2) is 0 Å². The molecule has 0 atom stereocenters. The van der Waals surface area contributed by atoms with E-state index in [1.807, 2.05) is 0 Å². The SMILES string of the molecule is CC(=O)CN1CCSCCC1=O. The second-order valence-electron chi connectivity index (χ2n) is 2.88. The van der Waals surface area contributed by atoms with Crippen LogP contribution in [-0.2, 0) is 9.59 Å². The average molecular weight is 187 g/mol. The number of Topliss-reactive ketones (excluding diaryl/α,β-unsaturated/α-hetero) is 1. The van der Waals surface area contributed by atoms with Gasteiger partial charge in [-0.05, 0) is 6.92 Å². The van der Waals surface area contributed by atoms with Crippen LogP contribution in [0.25, 0.3) is 0 Å². The zero-order valence-electron chi connectivity index (χ0n) is 7.21. The molecule has 3 nitrogen and oxygen atoms in total. The summed E-state index contributed by atoms with van der Waals surface area (Å²) in [6.45, 7) is 2.54. The van der Waals surface area contributed by atoms with Gasteiger partial charge in [-0.15, -0.1) is 0 Å². The lowest BCUT2D eigenvalue weighted by atomic mass is 10.3. The van der Waals surface area contributed by atoms with Gasteiger partial charge in [-0.3, -0.25) is 9.59 Å². The van der Waals surface area contributed by atoms with Crippen molar-refractivity contribution in [3.8, 4) is 0 Å². The summed E-state index contributed by atoms with van der Waals surface area (Å²) in [7, 11) is 0. The molecule has 0 aliphatic carbocycles. The largest absolute Gasteiger partial charge is 0.335 e. The van der Waals surface area contributed by atoms with Crippen LogP contribution in [-0.4, -0.2) is 41.2 Å². The lowest BCUT2D eigenvalue weighted by Gasteiger charge is -2.17. The van der Waals surface area contributed by atoms with Gasteiger partial charge in [-0.1, -0.05) is 0 Å². The first-order valence-electron chi connectivity index (χ1n) is 4.05. The minimum atomic E-state index is 0.0650. The molecular formula is C8H13NO2S. The maximum atomic E-state index is 11.3. The van der Waals surface area contributed by atoms with Crippen LogP contribution in [0, 0.1) is 0 Å². The highest BCUT2D eigenvalue weighted by Gasteiger charge is 2.17. The van der Waals surface area contributed by atoms with Crippen molar-refractivity contribution in [3.05, 3.63) is 0 Å². The van der Waals surface area contributed by atoms with Crippen molar-refractivity contribution in [2.75, 3.05) is 24.6 Å². The molecule has 0 N–H and O–H groups in total. The number of thioether (sulfide) groups is 1. The molecule has 1 aliphatic rings. The minimum absolute atomic E-state index is 0.0650. The molecule has 1 rings (SSSR count). The molecule has 1 aliphatic heterocycles. The smallest absolute Gasteiger partial charge is 0.223 e. The van der Waals surface area contributed by atoms with Crippen molar-refractivity contribution in [1.29, 1.82) is 0 Å². The fourth-order valence-corrected chi connectivity index (χ4v) is 2.03. The van der Waals surface area contributed by atoms with E-state index in [1.165, 1.54) is 6.92 Å². The van der Waals surface area contributed by atoms with Crippen LogP contribution in [0.3, 0.4) is 0 Å². The van der Waals surface area contributed by atoms with E-state index in [2.05, 4.69) is 0 Å². The van der Waals surface area contributed by atoms with Gasteiger partial charge in [0.15, 0.2) is 0 Å². The molecule has 1 amide bonds. The topological polar surface area (TPSA) is 37.4 Å². The summed E-state index contributed by atoms with van der Waals surface area (Å²) in [5, 5.41) is 0. The van der Waals surface area contributed by atoms with Crippen molar-refractivity contribution >= 4 is 23.5 Å². The number of hydrogen-bond acceptors (Lipinski definition) is 3. The van der Waals surface area contributed by atoms with Crippen molar-refractivity contribution in [2.24, 2.45) is 0 Å². The van der Waals surface area contributed by atoms with Crippen LogP contribution in [0.1, 0.15) is 13.3 Å². The predicted molar refractivity (Wildman–Crippen MR) is 49.2 cm³/mol. The van der Waals surface area contributed by atoms with Crippen LogP contribution >= 0.6 is 11.8 Å². The third-order valence-electron chi connectivity index (χ3n) is 1.73. The summed E-state index contributed by atoms with van der Waals surface area (Å²) in [5.41, 5.74) is 0. The second kappa shape index (κ2) is 4.50. The van der Waals surface area contributed by atoms with E-state index in [1.54, 1.807) is 16.7 Å². The quantitative estimate of drug-likeness (QED) is 0.633. The first-order chi connectivity index (χ1) is 5.70. The summed E-state index contributed by atoms with van der Waals surface area (Å²) in [4.78, 5) is 23.7. The van der Waals surface area contributed by atoms with Crippen molar-refractivity contribution < 1.29 is 9.59 Å². The highest BCUT2D eigenvalue weighted by atomic mass is 32.2. The number of hydrogen-bond donors (Lipinski definition) is 0. The van der Waals surface area contributed by atoms with E-state index in [9.17, 15) is 9.59 Å². The number of amides is 1. The highest BCUT2D eigenvalue weighted by Crippen LogP contribution is 2.10. The fourth-order valence-electron chi connectivity index (χ4n) is 1.16. The first-order valence-corrected chi connectivity index (χ1v) is 5.20. The molecule has 0 radical (unpaired) electrons. The van der Waals surface area contributed by atoms with Gasteiger partial charge in [0, 0.05) is 24.5 Å². The molecule has 0 aromatic carbocycles. The molecule has 68 valence electrons. The molecule has 0 bridgehead atoms. The number of nitrogens with zero attached hydrogens (tertiary/aromatic N) is 1. The Morgan fingerprint density at radius 2 is 2.33 bits per heavy atom. The third-order valence-corrected chi connectivity index (χ3v) is 2.70. The maximum Gasteiger partial charge on any atom is 0.223 e. The van der Waals surface area contributed by atoms with Crippen molar-refractivity contribution in [1.82, 2.24) is 4.90 Å². The Kier molecular flexibility index (Phi) is 3.59. The summed E-state index contributed by atoms with van der Waals surface area (Å²) in [5.74, 6) is 2.04. The molecule has 0 aromatic heterocycles. The lowest BCUT2D eigenvalue weighted by molar-refractivity contribution is -0.134. The maximum absolute atomic E-state index is 11.3. The number of rotatable bonds is 2. The number of carbonyl (C=O) groups excluding carboxylic acids is 2. The standard InChI is InChI=1S/C8H13NO2S/c1-7(10)6-9-3-5-12-4-2-8(9)11/h2-6H2,1H3. The van der Waals surface area contributed by atoms with Crippen LogP contribution in [0.5, 0.6) is 0 Å². The molecule has 1 fully saturated rings. The van der Waals surface area contributed by atoms with Crippen LogP contribution in [0.2, 0.25) is 0 Å². The number of carbonyl (C=O) groups is 2. The molecule has 0 unspecified atom stereocenters.